The molecule has 0 aromatic carbocycles. The lowest BCUT2D eigenvalue weighted by Gasteiger charge is -2.04. The number of halogens is 2. The van der Waals surface area contributed by atoms with E-state index in [0.29, 0.717) is 5.69 Å². The SMILES string of the molecule is Cc1ccc(C(F)F)nc1CN. The van der Waals surface area contributed by atoms with Crippen LogP contribution in [-0.4, -0.2) is 4.98 Å². The quantitative estimate of drug-likeness (QED) is 0.738. The van der Waals surface area contributed by atoms with E-state index < -0.39 is 6.43 Å². The van der Waals surface area contributed by atoms with Crippen LogP contribution < -0.4 is 5.73 Å². The molecule has 0 atom stereocenters. The van der Waals surface area contributed by atoms with Crippen LogP contribution >= 0.6 is 0 Å². The molecule has 0 aliphatic rings. The zero-order valence-corrected chi connectivity index (χ0v) is 6.72. The Morgan fingerprint density at radius 1 is 1.50 bits per heavy atom. The fourth-order valence-corrected chi connectivity index (χ4v) is 0.916. The standard InChI is InChI=1S/C8H10F2N2/c1-5-2-3-6(8(9)10)12-7(5)4-11/h2-3,8H,4,11H2,1H3. The Hall–Kier alpha value is -1.03. The van der Waals surface area contributed by atoms with E-state index in [9.17, 15) is 8.78 Å². The Labute approximate surface area is 69.4 Å². The van der Waals surface area contributed by atoms with Gasteiger partial charge in [0.2, 0.25) is 0 Å². The van der Waals surface area contributed by atoms with Crippen molar-refractivity contribution in [3.63, 3.8) is 0 Å². The van der Waals surface area contributed by atoms with Crippen LogP contribution in [0.4, 0.5) is 8.78 Å². The van der Waals surface area contributed by atoms with Gasteiger partial charge in [0.15, 0.2) is 0 Å². The van der Waals surface area contributed by atoms with Gasteiger partial charge in [0.25, 0.3) is 6.43 Å². The van der Waals surface area contributed by atoms with Gasteiger partial charge in [-0.25, -0.2) is 8.78 Å². The molecule has 1 aromatic heterocycles. The Balaban J connectivity index is 3.05. The summed E-state index contributed by atoms with van der Waals surface area (Å²) >= 11 is 0. The van der Waals surface area contributed by atoms with Gasteiger partial charge in [0.05, 0.1) is 5.69 Å². The number of nitrogens with zero attached hydrogens (tertiary/aromatic N) is 1. The molecule has 0 fully saturated rings. The second-order valence-corrected chi connectivity index (χ2v) is 2.50. The maximum atomic E-state index is 12.1. The molecule has 0 saturated carbocycles. The van der Waals surface area contributed by atoms with Crippen molar-refractivity contribution < 1.29 is 8.78 Å². The Morgan fingerprint density at radius 2 is 2.17 bits per heavy atom. The molecule has 0 radical (unpaired) electrons. The second-order valence-electron chi connectivity index (χ2n) is 2.50. The molecule has 0 bridgehead atoms. The van der Waals surface area contributed by atoms with Gasteiger partial charge >= 0.3 is 0 Å². The summed E-state index contributed by atoms with van der Waals surface area (Å²) in [5.41, 5.74) is 6.49. The van der Waals surface area contributed by atoms with E-state index in [-0.39, 0.29) is 12.2 Å². The highest BCUT2D eigenvalue weighted by Crippen LogP contribution is 2.17. The summed E-state index contributed by atoms with van der Waals surface area (Å²) in [6.45, 7) is 2.00. The van der Waals surface area contributed by atoms with E-state index in [2.05, 4.69) is 4.98 Å². The normalized spacial score (nSPS) is 10.8. The topological polar surface area (TPSA) is 38.9 Å². The molecule has 12 heavy (non-hydrogen) atoms. The van der Waals surface area contributed by atoms with Gasteiger partial charge in [-0.3, -0.25) is 4.98 Å². The lowest BCUT2D eigenvalue weighted by atomic mass is 10.2. The summed E-state index contributed by atoms with van der Waals surface area (Å²) in [6.07, 6.45) is -2.52. The first kappa shape index (κ1) is 9.06. The summed E-state index contributed by atoms with van der Waals surface area (Å²) in [5.74, 6) is 0. The van der Waals surface area contributed by atoms with Gasteiger partial charge in [-0.1, -0.05) is 6.07 Å². The Morgan fingerprint density at radius 3 is 2.67 bits per heavy atom. The molecule has 4 heteroatoms. The third-order valence-electron chi connectivity index (χ3n) is 1.64. The monoisotopic (exact) mass is 172 g/mol. The van der Waals surface area contributed by atoms with Crippen molar-refractivity contribution in [3.8, 4) is 0 Å². The van der Waals surface area contributed by atoms with Crippen LogP contribution in [0.1, 0.15) is 23.4 Å². The molecular formula is C8H10F2N2. The molecule has 0 spiro atoms. The van der Waals surface area contributed by atoms with Crippen LogP contribution in [0.2, 0.25) is 0 Å². The third kappa shape index (κ3) is 1.76. The number of alkyl halides is 2. The highest BCUT2D eigenvalue weighted by Gasteiger charge is 2.09. The Kier molecular flexibility index (Phi) is 2.70. The molecular weight excluding hydrogens is 162 g/mol. The van der Waals surface area contributed by atoms with Crippen LogP contribution in [0.15, 0.2) is 12.1 Å². The first-order chi connectivity index (χ1) is 5.65. The largest absolute Gasteiger partial charge is 0.325 e. The van der Waals surface area contributed by atoms with Crippen molar-refractivity contribution >= 4 is 0 Å². The second kappa shape index (κ2) is 3.58. The third-order valence-corrected chi connectivity index (χ3v) is 1.64. The number of nitrogens with two attached hydrogens (primary N) is 1. The van der Waals surface area contributed by atoms with Crippen LogP contribution in [-0.2, 0) is 6.54 Å². The summed E-state index contributed by atoms with van der Waals surface area (Å²) in [6, 6.07) is 2.93. The van der Waals surface area contributed by atoms with Gasteiger partial charge in [-0.2, -0.15) is 0 Å². The van der Waals surface area contributed by atoms with Crippen molar-refractivity contribution in [1.82, 2.24) is 4.98 Å². The first-order valence-corrected chi connectivity index (χ1v) is 3.59. The lowest BCUT2D eigenvalue weighted by molar-refractivity contribution is 0.146. The number of hydrogen-bond donors (Lipinski definition) is 1. The van der Waals surface area contributed by atoms with Crippen LogP contribution in [0, 0.1) is 6.92 Å². The van der Waals surface area contributed by atoms with Gasteiger partial charge < -0.3 is 5.73 Å². The van der Waals surface area contributed by atoms with Crippen molar-refractivity contribution in [1.29, 1.82) is 0 Å². The van der Waals surface area contributed by atoms with Crippen LogP contribution in [0.5, 0.6) is 0 Å². The number of rotatable bonds is 2. The van der Waals surface area contributed by atoms with E-state index >= 15 is 0 Å². The first-order valence-electron chi connectivity index (χ1n) is 3.59. The molecule has 2 N–H and O–H groups in total. The van der Waals surface area contributed by atoms with Gasteiger partial charge in [-0.15, -0.1) is 0 Å². The fourth-order valence-electron chi connectivity index (χ4n) is 0.916. The minimum Gasteiger partial charge on any atom is -0.325 e. The van der Waals surface area contributed by atoms with E-state index in [1.165, 1.54) is 6.07 Å². The number of pyridine rings is 1. The van der Waals surface area contributed by atoms with E-state index in [0.717, 1.165) is 5.56 Å². The van der Waals surface area contributed by atoms with Crippen molar-refractivity contribution in [2.45, 2.75) is 19.9 Å². The fraction of sp³-hybridized carbons (Fsp3) is 0.375. The molecule has 1 heterocycles. The Bertz CT molecular complexity index is 274. The average molecular weight is 172 g/mol. The highest BCUT2D eigenvalue weighted by molar-refractivity contribution is 5.21. The summed E-state index contributed by atoms with van der Waals surface area (Å²) in [4.78, 5) is 3.72. The summed E-state index contributed by atoms with van der Waals surface area (Å²) in [7, 11) is 0. The zero-order chi connectivity index (χ0) is 9.14. The average Bonchev–Trinajstić information content (AvgIpc) is 2.05. The summed E-state index contributed by atoms with van der Waals surface area (Å²) in [5, 5.41) is 0. The smallest absolute Gasteiger partial charge is 0.280 e. The van der Waals surface area contributed by atoms with Gasteiger partial charge in [-0.05, 0) is 18.6 Å². The van der Waals surface area contributed by atoms with E-state index in [4.69, 9.17) is 5.73 Å². The highest BCUT2D eigenvalue weighted by atomic mass is 19.3. The molecule has 0 unspecified atom stereocenters. The molecule has 0 amide bonds. The van der Waals surface area contributed by atoms with Crippen molar-refractivity contribution in [3.05, 3.63) is 29.1 Å². The minimum absolute atomic E-state index is 0.201. The molecule has 1 aromatic rings. The molecule has 2 nitrogen and oxygen atoms in total. The van der Waals surface area contributed by atoms with Crippen molar-refractivity contribution in [2.75, 3.05) is 0 Å². The van der Waals surface area contributed by atoms with Crippen LogP contribution in [0.25, 0.3) is 0 Å². The number of aryl methyl sites for hydroxylation is 1. The van der Waals surface area contributed by atoms with E-state index in [1.807, 2.05) is 0 Å². The predicted octanol–water partition coefficient (Wildman–Crippen LogP) is 1.79. The molecule has 0 aliphatic carbocycles. The summed E-state index contributed by atoms with van der Waals surface area (Å²) < 4.78 is 24.2. The lowest BCUT2D eigenvalue weighted by Crippen LogP contribution is -2.04. The predicted molar refractivity (Wildman–Crippen MR) is 41.8 cm³/mol. The maximum Gasteiger partial charge on any atom is 0.280 e. The number of aromatic nitrogens is 1. The van der Waals surface area contributed by atoms with Gasteiger partial charge in [0, 0.05) is 6.54 Å². The van der Waals surface area contributed by atoms with E-state index in [1.54, 1.807) is 13.0 Å². The molecule has 0 aliphatic heterocycles. The van der Waals surface area contributed by atoms with Crippen LogP contribution in [0.3, 0.4) is 0 Å². The zero-order valence-electron chi connectivity index (χ0n) is 6.72. The molecule has 0 saturated heterocycles. The molecule has 1 rings (SSSR count). The van der Waals surface area contributed by atoms with Crippen molar-refractivity contribution in [2.24, 2.45) is 5.73 Å². The number of hydrogen-bond acceptors (Lipinski definition) is 2. The molecule has 66 valence electrons. The van der Waals surface area contributed by atoms with Gasteiger partial charge in [0.1, 0.15) is 5.69 Å². The maximum absolute atomic E-state index is 12.1. The minimum atomic E-state index is -2.52.